The molecule has 3 aromatic rings. The molecule has 8 heteroatoms. The Bertz CT molecular complexity index is 1140. The fourth-order valence-electron chi connectivity index (χ4n) is 4.06. The van der Waals surface area contributed by atoms with Crippen molar-refractivity contribution in [1.82, 2.24) is 24.6 Å². The molecule has 1 amide bonds. The highest BCUT2D eigenvalue weighted by Gasteiger charge is 2.33. The molecule has 180 valence electrons. The van der Waals surface area contributed by atoms with Crippen molar-refractivity contribution in [1.29, 1.82) is 0 Å². The van der Waals surface area contributed by atoms with Crippen LogP contribution in [-0.4, -0.2) is 55.4 Å². The molecule has 0 aliphatic carbocycles. The Balaban J connectivity index is 1.34. The molecular formula is C26H34N6O2. The van der Waals surface area contributed by atoms with E-state index < -0.39 is 0 Å². The molecule has 8 nitrogen and oxygen atoms in total. The van der Waals surface area contributed by atoms with Gasteiger partial charge in [-0.1, -0.05) is 12.1 Å². The minimum atomic E-state index is -0.169. The predicted octanol–water partition coefficient (Wildman–Crippen LogP) is 4.37. The summed E-state index contributed by atoms with van der Waals surface area (Å²) in [6.45, 7) is 12.5. The highest BCUT2D eigenvalue weighted by molar-refractivity contribution is 5.77. The van der Waals surface area contributed by atoms with Crippen LogP contribution in [0.2, 0.25) is 0 Å². The number of hydrogen-bond acceptors (Lipinski definition) is 6. The molecule has 1 aliphatic rings. The molecule has 0 atom stereocenters. The Labute approximate surface area is 201 Å². The number of aromatic nitrogens is 4. The number of aryl methyl sites for hydroxylation is 3. The van der Waals surface area contributed by atoms with Crippen LogP contribution in [0.15, 0.2) is 42.9 Å². The third-order valence-electron chi connectivity index (χ3n) is 5.84. The largest absolute Gasteiger partial charge is 0.369 e. The number of benzene rings is 1. The summed E-state index contributed by atoms with van der Waals surface area (Å²) in [5.74, 6) is 0.721. The number of carbonyl (C=O) groups is 1. The monoisotopic (exact) mass is 462 g/mol. The molecule has 1 aromatic carbocycles. The molecular weight excluding hydrogens is 428 g/mol. The van der Waals surface area contributed by atoms with Crippen molar-refractivity contribution >= 4 is 17.5 Å². The summed E-state index contributed by atoms with van der Waals surface area (Å²) < 4.78 is 7.77. The molecule has 1 saturated heterocycles. The van der Waals surface area contributed by atoms with Gasteiger partial charge < -0.3 is 15.0 Å². The van der Waals surface area contributed by atoms with E-state index >= 15 is 0 Å². The summed E-state index contributed by atoms with van der Waals surface area (Å²) in [7, 11) is 0. The number of nitrogens with zero attached hydrogens (tertiary/aromatic N) is 5. The molecule has 1 N–H and O–H groups in total. The first kappa shape index (κ1) is 23.9. The normalized spacial score (nSPS) is 14.2. The third-order valence-corrected chi connectivity index (χ3v) is 5.84. The zero-order valence-corrected chi connectivity index (χ0v) is 20.7. The molecule has 1 fully saturated rings. The zero-order chi connectivity index (χ0) is 24.3. The Morgan fingerprint density at radius 3 is 2.71 bits per heavy atom. The molecule has 0 saturated carbocycles. The molecule has 0 spiro atoms. The van der Waals surface area contributed by atoms with Crippen molar-refractivity contribution in [2.24, 2.45) is 0 Å². The molecule has 0 unspecified atom stereocenters. The van der Waals surface area contributed by atoms with Gasteiger partial charge in [0.05, 0.1) is 29.3 Å². The van der Waals surface area contributed by atoms with Crippen LogP contribution < -0.4 is 5.32 Å². The topological polar surface area (TPSA) is 85.2 Å². The first-order valence-corrected chi connectivity index (χ1v) is 11.9. The Morgan fingerprint density at radius 1 is 1.24 bits per heavy atom. The van der Waals surface area contributed by atoms with Crippen molar-refractivity contribution in [2.75, 3.05) is 18.4 Å². The van der Waals surface area contributed by atoms with Crippen LogP contribution in [-0.2, 0) is 22.5 Å². The van der Waals surface area contributed by atoms with Crippen LogP contribution in [0.3, 0.4) is 0 Å². The molecule has 4 rings (SSSR count). The second kappa shape index (κ2) is 9.93. The summed E-state index contributed by atoms with van der Waals surface area (Å²) >= 11 is 0. The van der Waals surface area contributed by atoms with Crippen LogP contribution >= 0.6 is 0 Å². The van der Waals surface area contributed by atoms with E-state index in [1.807, 2.05) is 49.5 Å². The average molecular weight is 463 g/mol. The predicted molar refractivity (Wildman–Crippen MR) is 133 cm³/mol. The fraction of sp³-hybridized carbons (Fsp3) is 0.462. The van der Waals surface area contributed by atoms with Gasteiger partial charge in [-0.25, -0.2) is 9.97 Å². The van der Waals surface area contributed by atoms with E-state index in [2.05, 4.69) is 45.5 Å². The van der Waals surface area contributed by atoms with Crippen LogP contribution in [0.25, 0.3) is 11.3 Å². The van der Waals surface area contributed by atoms with Gasteiger partial charge in [-0.05, 0) is 64.3 Å². The molecule has 34 heavy (non-hydrogen) atoms. The van der Waals surface area contributed by atoms with Crippen molar-refractivity contribution in [3.05, 3.63) is 54.0 Å². The van der Waals surface area contributed by atoms with Crippen LogP contribution in [0.5, 0.6) is 0 Å². The summed E-state index contributed by atoms with van der Waals surface area (Å²) in [5.41, 5.74) is 4.88. The summed E-state index contributed by atoms with van der Waals surface area (Å²) in [6.07, 6.45) is 6.83. The highest BCUT2D eigenvalue weighted by Crippen LogP contribution is 2.24. The maximum absolute atomic E-state index is 12.6. The first-order chi connectivity index (χ1) is 16.2. The highest BCUT2D eigenvalue weighted by atomic mass is 16.5. The van der Waals surface area contributed by atoms with Gasteiger partial charge >= 0.3 is 0 Å². The average Bonchev–Trinajstić information content (AvgIpc) is 3.22. The van der Waals surface area contributed by atoms with Gasteiger partial charge in [0.25, 0.3) is 0 Å². The van der Waals surface area contributed by atoms with Gasteiger partial charge in [0.15, 0.2) is 0 Å². The summed E-state index contributed by atoms with van der Waals surface area (Å²) in [6, 6.07) is 8.18. The Kier molecular flexibility index (Phi) is 6.97. The minimum absolute atomic E-state index is 0.153. The van der Waals surface area contributed by atoms with Crippen LogP contribution in [0, 0.1) is 6.92 Å². The summed E-state index contributed by atoms with van der Waals surface area (Å²) in [4.78, 5) is 23.4. The number of anilines is 2. The van der Waals surface area contributed by atoms with E-state index in [0.29, 0.717) is 25.5 Å². The SMILES string of the molecule is CCn1cc(Nc2nccc(-c3ccc(CCC(=O)N4CC(OC(C)(C)C)C4)c(C)c3)n2)cn1. The van der Waals surface area contributed by atoms with E-state index in [1.54, 1.807) is 12.4 Å². The molecule has 1 aliphatic heterocycles. The number of rotatable bonds is 8. The third kappa shape index (κ3) is 5.99. The summed E-state index contributed by atoms with van der Waals surface area (Å²) in [5, 5.41) is 7.47. The minimum Gasteiger partial charge on any atom is -0.369 e. The smallest absolute Gasteiger partial charge is 0.227 e. The standard InChI is InChI=1S/C26H34N6O2/c1-6-32-15-21(14-28-32)29-25-27-12-11-23(30-25)20-8-7-19(18(2)13-20)9-10-24(33)31-16-22(17-31)34-26(3,4)5/h7-8,11-15,22H,6,9-10,16-17H2,1-5H3,(H,27,29,30). The molecule has 0 bridgehead atoms. The van der Waals surface area contributed by atoms with Gasteiger partial charge in [-0.2, -0.15) is 5.10 Å². The van der Waals surface area contributed by atoms with Crippen LogP contribution in [0.4, 0.5) is 11.6 Å². The number of likely N-dealkylation sites (tertiary alicyclic amines) is 1. The lowest BCUT2D eigenvalue weighted by Crippen LogP contribution is -2.56. The maximum atomic E-state index is 12.6. The maximum Gasteiger partial charge on any atom is 0.227 e. The first-order valence-electron chi connectivity index (χ1n) is 11.9. The van der Waals surface area contributed by atoms with E-state index in [9.17, 15) is 4.79 Å². The van der Waals surface area contributed by atoms with Crippen molar-refractivity contribution in [2.45, 2.75) is 65.7 Å². The molecule has 3 heterocycles. The molecule has 0 radical (unpaired) electrons. The second-order valence-corrected chi connectivity index (χ2v) is 9.77. The molecule has 2 aromatic heterocycles. The van der Waals surface area contributed by atoms with Gasteiger partial charge in [0.2, 0.25) is 11.9 Å². The second-order valence-electron chi connectivity index (χ2n) is 9.77. The van der Waals surface area contributed by atoms with E-state index in [0.717, 1.165) is 35.5 Å². The lowest BCUT2D eigenvalue weighted by Gasteiger charge is -2.42. The van der Waals surface area contributed by atoms with Gasteiger partial charge in [-0.3, -0.25) is 9.48 Å². The number of ether oxygens (including phenoxy) is 1. The van der Waals surface area contributed by atoms with Gasteiger partial charge in [-0.15, -0.1) is 0 Å². The van der Waals surface area contributed by atoms with Crippen molar-refractivity contribution < 1.29 is 9.53 Å². The van der Waals surface area contributed by atoms with Gasteiger partial charge in [0.1, 0.15) is 0 Å². The Morgan fingerprint density at radius 2 is 2.03 bits per heavy atom. The lowest BCUT2D eigenvalue weighted by molar-refractivity contribution is -0.157. The Hall–Kier alpha value is -3.26. The fourth-order valence-corrected chi connectivity index (χ4v) is 4.06. The van der Waals surface area contributed by atoms with E-state index in [1.165, 1.54) is 5.56 Å². The lowest BCUT2D eigenvalue weighted by atomic mass is 9.99. The zero-order valence-electron chi connectivity index (χ0n) is 20.7. The van der Waals surface area contributed by atoms with Crippen molar-refractivity contribution in [3.63, 3.8) is 0 Å². The number of carbonyl (C=O) groups excluding carboxylic acids is 1. The quantitative estimate of drug-likeness (QED) is 0.535. The van der Waals surface area contributed by atoms with Crippen LogP contribution in [0.1, 0.15) is 45.2 Å². The number of amides is 1. The van der Waals surface area contributed by atoms with E-state index in [4.69, 9.17) is 4.74 Å². The van der Waals surface area contributed by atoms with Gasteiger partial charge in [0, 0.05) is 44.0 Å². The van der Waals surface area contributed by atoms with Crippen molar-refractivity contribution in [3.8, 4) is 11.3 Å². The number of hydrogen-bond donors (Lipinski definition) is 1. The van der Waals surface area contributed by atoms with E-state index in [-0.39, 0.29) is 17.6 Å². The number of nitrogens with one attached hydrogen (secondary N) is 1.